The highest BCUT2D eigenvalue weighted by Crippen LogP contribution is 2.44. The number of anilines is 1. The van der Waals surface area contributed by atoms with Gasteiger partial charge >= 0.3 is 12.1 Å². The van der Waals surface area contributed by atoms with Crippen molar-refractivity contribution in [1.29, 1.82) is 0 Å². The molecule has 0 atom stereocenters. The van der Waals surface area contributed by atoms with E-state index in [0.29, 0.717) is 24.3 Å². The first kappa shape index (κ1) is 28.9. The van der Waals surface area contributed by atoms with Crippen LogP contribution in [0.25, 0.3) is 10.4 Å². The number of carbonyl (C=O) groups excluding carboxylic acids is 2. The summed E-state index contributed by atoms with van der Waals surface area (Å²) >= 11 is 1.74. The minimum atomic E-state index is -0.543. The topological polar surface area (TPSA) is 68.7 Å². The second-order valence-corrected chi connectivity index (χ2v) is 13.5. The summed E-state index contributed by atoms with van der Waals surface area (Å²) in [6, 6.07) is 14.6. The number of nitrogens with zero attached hydrogens (tertiary/aromatic N) is 2. The Morgan fingerprint density at radius 2 is 1.69 bits per heavy atom. The summed E-state index contributed by atoms with van der Waals surface area (Å²) in [5, 5.41) is 1.20. The van der Waals surface area contributed by atoms with E-state index in [9.17, 15) is 9.59 Å². The number of hydrogen-bond donors (Lipinski definition) is 0. The lowest BCUT2D eigenvalue weighted by molar-refractivity contribution is -0.142. The number of carbonyl (C=O) groups is 2. The van der Waals surface area contributed by atoms with Gasteiger partial charge in [-0.15, -0.1) is 11.3 Å². The standard InChI is InChI=1S/C35H42N2O4S/c1-23-19-28(17-18-31(23)40-2)25-13-11-24(12-14-25)22-37(35(39)41-34(38)27-7-4-3-5-8-27)30-10-6-9-29(20-30)32-21-36-33(42-32)26-15-16-26/h6,9-10,17-21,24-27H,3-5,7-8,11-16,22H2,1-2H3/t24-,25-. The summed E-state index contributed by atoms with van der Waals surface area (Å²) in [6.07, 6.45) is 12.9. The first-order chi connectivity index (χ1) is 20.5. The molecule has 0 unspecified atom stereocenters. The molecular formula is C35H42N2O4S. The first-order valence-corrected chi connectivity index (χ1v) is 16.5. The van der Waals surface area contributed by atoms with Crippen molar-refractivity contribution >= 4 is 29.1 Å². The Labute approximate surface area is 253 Å². The zero-order valence-electron chi connectivity index (χ0n) is 24.8. The SMILES string of the molecule is COc1ccc([C@H]2CC[C@H](CN(C(=O)OC(=O)C3CCCCC3)c3cccc(-c4cnc(C5CC5)s4)c3)CC2)cc1C. The average Bonchev–Trinajstić information content (AvgIpc) is 3.76. The summed E-state index contributed by atoms with van der Waals surface area (Å²) < 4.78 is 11.0. The number of aromatic nitrogens is 1. The zero-order chi connectivity index (χ0) is 29.1. The highest BCUT2D eigenvalue weighted by atomic mass is 32.1. The molecule has 0 saturated heterocycles. The summed E-state index contributed by atoms with van der Waals surface area (Å²) in [6.45, 7) is 2.64. The van der Waals surface area contributed by atoms with Gasteiger partial charge in [-0.1, -0.05) is 43.5 Å². The van der Waals surface area contributed by atoms with Crippen molar-refractivity contribution in [1.82, 2.24) is 4.98 Å². The highest BCUT2D eigenvalue weighted by molar-refractivity contribution is 7.15. The minimum Gasteiger partial charge on any atom is -0.496 e. The van der Waals surface area contributed by atoms with Crippen LogP contribution in [0.5, 0.6) is 5.75 Å². The van der Waals surface area contributed by atoms with E-state index < -0.39 is 6.09 Å². The largest absolute Gasteiger partial charge is 0.496 e. The predicted octanol–water partition coefficient (Wildman–Crippen LogP) is 9.03. The second kappa shape index (κ2) is 13.0. The van der Waals surface area contributed by atoms with Gasteiger partial charge in [0.1, 0.15) is 5.75 Å². The third-order valence-corrected chi connectivity index (χ3v) is 10.6. The van der Waals surface area contributed by atoms with Crippen LogP contribution < -0.4 is 9.64 Å². The predicted molar refractivity (Wildman–Crippen MR) is 167 cm³/mol. The molecule has 1 amide bonds. The quantitative estimate of drug-likeness (QED) is 0.195. The second-order valence-electron chi connectivity index (χ2n) is 12.5. The minimum absolute atomic E-state index is 0.169. The summed E-state index contributed by atoms with van der Waals surface area (Å²) in [7, 11) is 1.71. The molecule has 0 radical (unpaired) electrons. The van der Waals surface area contributed by atoms with E-state index >= 15 is 0 Å². The molecule has 6 nitrogen and oxygen atoms in total. The van der Waals surface area contributed by atoms with E-state index in [1.807, 2.05) is 18.3 Å². The molecule has 3 aliphatic rings. The molecule has 0 bridgehead atoms. The van der Waals surface area contributed by atoms with Gasteiger partial charge < -0.3 is 9.47 Å². The molecule has 6 rings (SSSR count). The highest BCUT2D eigenvalue weighted by Gasteiger charge is 2.31. The van der Waals surface area contributed by atoms with Crippen LogP contribution in [0.4, 0.5) is 10.5 Å². The maximum atomic E-state index is 13.7. The molecule has 222 valence electrons. The summed E-state index contributed by atoms with van der Waals surface area (Å²) in [5.41, 5.74) is 4.36. The average molecular weight is 587 g/mol. The maximum absolute atomic E-state index is 13.7. The van der Waals surface area contributed by atoms with Crippen LogP contribution >= 0.6 is 11.3 Å². The van der Waals surface area contributed by atoms with Crippen molar-refractivity contribution in [3.8, 4) is 16.2 Å². The Morgan fingerprint density at radius 3 is 2.40 bits per heavy atom. The Hall–Kier alpha value is -3.19. The first-order valence-electron chi connectivity index (χ1n) is 15.7. The van der Waals surface area contributed by atoms with Gasteiger partial charge in [-0.25, -0.2) is 9.78 Å². The van der Waals surface area contributed by atoms with Gasteiger partial charge in [-0.2, -0.15) is 0 Å². The Balaban J connectivity index is 1.18. The fourth-order valence-electron chi connectivity index (χ4n) is 6.71. The molecule has 3 fully saturated rings. The molecule has 42 heavy (non-hydrogen) atoms. The van der Waals surface area contributed by atoms with Crippen molar-refractivity contribution in [2.45, 2.75) is 89.4 Å². The number of thiazole rings is 1. The number of benzene rings is 2. The Morgan fingerprint density at radius 1 is 0.929 bits per heavy atom. The van der Waals surface area contributed by atoms with Crippen LogP contribution in [-0.4, -0.2) is 30.7 Å². The molecular weight excluding hydrogens is 544 g/mol. The van der Waals surface area contributed by atoms with Gasteiger partial charge in [-0.05, 0) is 105 Å². The van der Waals surface area contributed by atoms with Gasteiger partial charge in [0.15, 0.2) is 0 Å². The van der Waals surface area contributed by atoms with Crippen molar-refractivity contribution in [3.63, 3.8) is 0 Å². The molecule has 3 aliphatic carbocycles. The Bertz CT molecular complexity index is 1400. The Kier molecular flexibility index (Phi) is 8.94. The molecule has 2 aromatic carbocycles. The van der Waals surface area contributed by atoms with Gasteiger partial charge in [0.25, 0.3) is 0 Å². The number of hydrogen-bond acceptors (Lipinski definition) is 6. The lowest BCUT2D eigenvalue weighted by atomic mass is 9.78. The number of ether oxygens (including phenoxy) is 2. The normalized spacial score (nSPS) is 21.1. The summed E-state index contributed by atoms with van der Waals surface area (Å²) in [4.78, 5) is 34.1. The number of methoxy groups -OCH3 is 1. The number of rotatable bonds is 8. The molecule has 1 heterocycles. The zero-order valence-corrected chi connectivity index (χ0v) is 25.7. The molecule has 0 spiro atoms. The van der Waals surface area contributed by atoms with Gasteiger partial charge in [0.05, 0.1) is 22.9 Å². The lowest BCUT2D eigenvalue weighted by Crippen LogP contribution is -2.39. The van der Waals surface area contributed by atoms with Crippen LogP contribution in [0.1, 0.15) is 98.6 Å². The van der Waals surface area contributed by atoms with Crippen LogP contribution in [0, 0.1) is 18.8 Å². The number of aryl methyl sites for hydroxylation is 1. The number of amides is 1. The van der Waals surface area contributed by atoms with E-state index in [4.69, 9.17) is 9.47 Å². The van der Waals surface area contributed by atoms with Crippen molar-refractivity contribution in [2.75, 3.05) is 18.6 Å². The van der Waals surface area contributed by atoms with Crippen LogP contribution in [0.2, 0.25) is 0 Å². The molecule has 3 aromatic rings. The van der Waals surface area contributed by atoms with E-state index in [1.165, 1.54) is 29.0 Å². The van der Waals surface area contributed by atoms with E-state index in [1.54, 1.807) is 23.3 Å². The van der Waals surface area contributed by atoms with Gasteiger partial charge in [0.2, 0.25) is 0 Å². The molecule has 3 saturated carbocycles. The summed E-state index contributed by atoms with van der Waals surface area (Å²) in [5.74, 6) is 1.85. The number of esters is 1. The van der Waals surface area contributed by atoms with Crippen LogP contribution in [0.3, 0.4) is 0 Å². The van der Waals surface area contributed by atoms with Crippen molar-refractivity contribution < 1.29 is 19.1 Å². The van der Waals surface area contributed by atoms with E-state index in [2.05, 4.69) is 42.2 Å². The van der Waals surface area contributed by atoms with Crippen LogP contribution in [-0.2, 0) is 9.53 Å². The van der Waals surface area contributed by atoms with Gasteiger partial charge in [0, 0.05) is 24.3 Å². The third-order valence-electron chi connectivity index (χ3n) is 9.42. The van der Waals surface area contributed by atoms with Crippen molar-refractivity contribution in [2.24, 2.45) is 11.8 Å². The maximum Gasteiger partial charge on any atom is 0.422 e. The molecule has 0 N–H and O–H groups in total. The molecule has 7 heteroatoms. The fourth-order valence-corrected chi connectivity index (χ4v) is 7.79. The third kappa shape index (κ3) is 6.72. The van der Waals surface area contributed by atoms with E-state index in [0.717, 1.165) is 79.7 Å². The molecule has 1 aromatic heterocycles. The van der Waals surface area contributed by atoms with Crippen molar-refractivity contribution in [3.05, 3.63) is 64.8 Å². The van der Waals surface area contributed by atoms with Gasteiger partial charge in [-0.3, -0.25) is 9.69 Å². The van der Waals surface area contributed by atoms with E-state index in [-0.39, 0.29) is 11.9 Å². The fraction of sp³-hybridized carbons (Fsp3) is 0.514. The lowest BCUT2D eigenvalue weighted by Gasteiger charge is -2.33. The molecule has 0 aliphatic heterocycles. The smallest absolute Gasteiger partial charge is 0.422 e. The monoisotopic (exact) mass is 586 g/mol. The van der Waals surface area contributed by atoms with Crippen LogP contribution in [0.15, 0.2) is 48.7 Å².